The van der Waals surface area contributed by atoms with E-state index in [1.54, 1.807) is 18.2 Å². The molecule has 0 atom stereocenters. The van der Waals surface area contributed by atoms with Crippen molar-refractivity contribution in [2.45, 2.75) is 19.3 Å². The molecule has 1 saturated carbocycles. The van der Waals surface area contributed by atoms with Crippen LogP contribution in [0, 0.1) is 11.7 Å². The van der Waals surface area contributed by atoms with Gasteiger partial charge in [0.15, 0.2) is 0 Å². The quantitative estimate of drug-likeness (QED) is 0.771. The molecule has 0 radical (unpaired) electrons. The van der Waals surface area contributed by atoms with Gasteiger partial charge in [0.2, 0.25) is 11.7 Å². The van der Waals surface area contributed by atoms with Gasteiger partial charge in [0.1, 0.15) is 5.82 Å². The standard InChI is InChI=1S/C19H16FN3O2/c20-15-8-2-7-14(10-15)19-22-17(23-25-19)13-6-3-9-16(11-13)21-18(24)12-4-1-5-12/h2-3,6-12H,1,4-5H2,(H,21,24). The van der Waals surface area contributed by atoms with E-state index < -0.39 is 0 Å². The van der Waals surface area contributed by atoms with Crippen LogP contribution in [0.3, 0.4) is 0 Å². The first-order valence-corrected chi connectivity index (χ1v) is 8.20. The fourth-order valence-electron chi connectivity index (χ4n) is 2.73. The molecule has 6 heteroatoms. The first-order valence-electron chi connectivity index (χ1n) is 8.20. The van der Waals surface area contributed by atoms with Crippen LogP contribution < -0.4 is 5.32 Å². The van der Waals surface area contributed by atoms with Crippen LogP contribution in [0.1, 0.15) is 19.3 Å². The van der Waals surface area contributed by atoms with E-state index in [9.17, 15) is 9.18 Å². The molecule has 0 unspecified atom stereocenters. The molecule has 1 heterocycles. The summed E-state index contributed by atoms with van der Waals surface area (Å²) in [6.45, 7) is 0. The summed E-state index contributed by atoms with van der Waals surface area (Å²) >= 11 is 0. The Bertz CT molecular complexity index is 918. The van der Waals surface area contributed by atoms with Crippen molar-refractivity contribution in [2.24, 2.45) is 5.92 Å². The van der Waals surface area contributed by atoms with Crippen LogP contribution in [-0.2, 0) is 4.79 Å². The number of nitrogens with one attached hydrogen (secondary N) is 1. The Balaban J connectivity index is 1.56. The molecule has 126 valence electrons. The number of anilines is 1. The van der Waals surface area contributed by atoms with E-state index >= 15 is 0 Å². The molecule has 1 N–H and O–H groups in total. The maximum Gasteiger partial charge on any atom is 0.258 e. The average Bonchev–Trinajstić information content (AvgIpc) is 3.03. The number of halogens is 1. The van der Waals surface area contributed by atoms with Gasteiger partial charge >= 0.3 is 0 Å². The monoisotopic (exact) mass is 337 g/mol. The summed E-state index contributed by atoms with van der Waals surface area (Å²) in [6, 6.07) is 13.3. The Morgan fingerprint density at radius 2 is 1.92 bits per heavy atom. The Morgan fingerprint density at radius 1 is 1.12 bits per heavy atom. The van der Waals surface area contributed by atoms with Gasteiger partial charge in [-0.1, -0.05) is 29.8 Å². The lowest BCUT2D eigenvalue weighted by Crippen LogP contribution is -2.27. The first kappa shape index (κ1) is 15.5. The van der Waals surface area contributed by atoms with E-state index in [0.29, 0.717) is 17.1 Å². The largest absolute Gasteiger partial charge is 0.334 e. The maximum atomic E-state index is 13.3. The molecule has 1 aliphatic rings. The van der Waals surface area contributed by atoms with Gasteiger partial charge < -0.3 is 9.84 Å². The molecule has 0 saturated heterocycles. The van der Waals surface area contributed by atoms with Gasteiger partial charge in [0, 0.05) is 22.7 Å². The van der Waals surface area contributed by atoms with Crippen molar-refractivity contribution < 1.29 is 13.7 Å². The van der Waals surface area contributed by atoms with Crippen molar-refractivity contribution in [3.8, 4) is 22.8 Å². The van der Waals surface area contributed by atoms with Gasteiger partial charge in [-0.25, -0.2) is 4.39 Å². The molecule has 2 aromatic carbocycles. The summed E-state index contributed by atoms with van der Waals surface area (Å²) in [5, 5.41) is 6.88. The van der Waals surface area contributed by atoms with Gasteiger partial charge in [-0.15, -0.1) is 0 Å². The number of rotatable bonds is 4. The van der Waals surface area contributed by atoms with Crippen LogP contribution in [-0.4, -0.2) is 16.0 Å². The van der Waals surface area contributed by atoms with Gasteiger partial charge in [0.05, 0.1) is 0 Å². The van der Waals surface area contributed by atoms with E-state index in [-0.39, 0.29) is 23.5 Å². The summed E-state index contributed by atoms with van der Waals surface area (Å²) in [4.78, 5) is 16.4. The van der Waals surface area contributed by atoms with Crippen molar-refractivity contribution in [3.05, 3.63) is 54.3 Å². The molecule has 1 aromatic heterocycles. The van der Waals surface area contributed by atoms with E-state index in [0.717, 1.165) is 24.8 Å². The van der Waals surface area contributed by atoms with E-state index in [1.165, 1.54) is 12.1 Å². The minimum absolute atomic E-state index is 0.0527. The van der Waals surface area contributed by atoms with E-state index in [4.69, 9.17) is 4.52 Å². The summed E-state index contributed by atoms with van der Waals surface area (Å²) < 4.78 is 18.6. The fraction of sp³-hybridized carbons (Fsp3) is 0.211. The third-order valence-electron chi connectivity index (χ3n) is 4.36. The second-order valence-corrected chi connectivity index (χ2v) is 6.13. The lowest BCUT2D eigenvalue weighted by molar-refractivity contribution is -0.122. The Kier molecular flexibility index (Phi) is 4.01. The van der Waals surface area contributed by atoms with Crippen molar-refractivity contribution in [1.29, 1.82) is 0 Å². The molecule has 1 aliphatic carbocycles. The number of aromatic nitrogens is 2. The predicted octanol–water partition coefficient (Wildman–Crippen LogP) is 4.28. The van der Waals surface area contributed by atoms with Gasteiger partial charge in [-0.2, -0.15) is 4.98 Å². The zero-order chi connectivity index (χ0) is 17.2. The van der Waals surface area contributed by atoms with Crippen LogP contribution in [0.25, 0.3) is 22.8 Å². The van der Waals surface area contributed by atoms with Gasteiger partial charge in [-0.05, 0) is 43.2 Å². The van der Waals surface area contributed by atoms with Gasteiger partial charge in [-0.3, -0.25) is 4.79 Å². The Labute approximate surface area is 143 Å². The maximum absolute atomic E-state index is 13.3. The topological polar surface area (TPSA) is 68.0 Å². The summed E-state index contributed by atoms with van der Waals surface area (Å²) in [5.41, 5.74) is 1.94. The highest BCUT2D eigenvalue weighted by molar-refractivity contribution is 5.93. The highest BCUT2D eigenvalue weighted by Gasteiger charge is 2.25. The second kappa shape index (κ2) is 6.47. The summed E-state index contributed by atoms with van der Waals surface area (Å²) in [7, 11) is 0. The zero-order valence-electron chi connectivity index (χ0n) is 13.4. The van der Waals surface area contributed by atoms with Crippen molar-refractivity contribution in [2.75, 3.05) is 5.32 Å². The molecular weight excluding hydrogens is 321 g/mol. The van der Waals surface area contributed by atoms with E-state index in [2.05, 4.69) is 15.5 Å². The number of carbonyl (C=O) groups excluding carboxylic acids is 1. The molecule has 25 heavy (non-hydrogen) atoms. The van der Waals surface area contributed by atoms with Crippen LogP contribution >= 0.6 is 0 Å². The van der Waals surface area contributed by atoms with Crippen molar-refractivity contribution >= 4 is 11.6 Å². The minimum Gasteiger partial charge on any atom is -0.334 e. The fourth-order valence-corrected chi connectivity index (χ4v) is 2.73. The molecule has 5 nitrogen and oxygen atoms in total. The molecule has 0 spiro atoms. The smallest absolute Gasteiger partial charge is 0.258 e. The molecule has 1 fully saturated rings. The molecular formula is C19H16FN3O2. The molecule has 3 aromatic rings. The highest BCUT2D eigenvalue weighted by Crippen LogP contribution is 2.29. The van der Waals surface area contributed by atoms with Crippen LogP contribution in [0.2, 0.25) is 0 Å². The highest BCUT2D eigenvalue weighted by atomic mass is 19.1. The number of benzene rings is 2. The Morgan fingerprint density at radius 3 is 2.68 bits per heavy atom. The lowest BCUT2D eigenvalue weighted by atomic mass is 9.85. The lowest BCUT2D eigenvalue weighted by Gasteiger charge is -2.24. The zero-order valence-corrected chi connectivity index (χ0v) is 13.4. The summed E-state index contributed by atoms with van der Waals surface area (Å²) in [5.74, 6) is 0.445. The number of hydrogen-bond donors (Lipinski definition) is 1. The Hall–Kier alpha value is -3.02. The number of hydrogen-bond acceptors (Lipinski definition) is 4. The number of nitrogens with zero attached hydrogens (tertiary/aromatic N) is 2. The molecule has 1 amide bonds. The molecule has 0 aliphatic heterocycles. The number of carbonyl (C=O) groups is 1. The van der Waals surface area contributed by atoms with Crippen LogP contribution in [0.4, 0.5) is 10.1 Å². The second-order valence-electron chi connectivity index (χ2n) is 6.13. The molecule has 0 bridgehead atoms. The van der Waals surface area contributed by atoms with Crippen molar-refractivity contribution in [3.63, 3.8) is 0 Å². The predicted molar refractivity (Wildman–Crippen MR) is 91.1 cm³/mol. The van der Waals surface area contributed by atoms with Crippen LogP contribution in [0.15, 0.2) is 53.1 Å². The SMILES string of the molecule is O=C(Nc1cccc(-c2noc(-c3cccc(F)c3)n2)c1)C1CCC1. The normalized spacial score (nSPS) is 14.1. The van der Waals surface area contributed by atoms with Crippen molar-refractivity contribution in [1.82, 2.24) is 10.1 Å². The van der Waals surface area contributed by atoms with E-state index in [1.807, 2.05) is 18.2 Å². The molecule has 4 rings (SSSR count). The summed E-state index contributed by atoms with van der Waals surface area (Å²) in [6.07, 6.45) is 3.02. The van der Waals surface area contributed by atoms with Gasteiger partial charge in [0.25, 0.3) is 5.89 Å². The number of amides is 1. The third kappa shape index (κ3) is 3.28. The van der Waals surface area contributed by atoms with Crippen LogP contribution in [0.5, 0.6) is 0 Å². The third-order valence-corrected chi connectivity index (χ3v) is 4.36. The minimum atomic E-state index is -0.363. The first-order chi connectivity index (χ1) is 12.2. The average molecular weight is 337 g/mol.